The maximum Gasteiger partial charge on any atom is 0.262 e. The fourth-order valence-corrected chi connectivity index (χ4v) is 6.88. The number of hydrogen-bond donors (Lipinski definition) is 1. The number of aliphatic hydroxyl groups is 1. The molecule has 8 heteroatoms. The smallest absolute Gasteiger partial charge is 0.262 e. The van der Waals surface area contributed by atoms with Crippen molar-refractivity contribution in [1.29, 1.82) is 0 Å². The SMILES string of the molecule is C=CC(C)(C)[C@@]12c3ccccc3N(C(C)=O)[C@@H]1N1C(=O)[C@H](C)n3c(nc4ccccc4c3=O)[C@@H]1[C@@H]2O. The Labute approximate surface area is 208 Å². The van der Waals surface area contributed by atoms with E-state index in [2.05, 4.69) is 6.58 Å². The quantitative estimate of drug-likeness (QED) is 0.564. The Hall–Kier alpha value is -3.78. The van der Waals surface area contributed by atoms with Gasteiger partial charge in [0.15, 0.2) is 0 Å². The second kappa shape index (κ2) is 7.13. The van der Waals surface area contributed by atoms with Crippen LogP contribution in [0.25, 0.3) is 10.9 Å². The van der Waals surface area contributed by atoms with Gasteiger partial charge < -0.3 is 10.0 Å². The number of benzene rings is 2. The fourth-order valence-electron chi connectivity index (χ4n) is 6.88. The molecule has 3 aliphatic rings. The predicted octanol–water partition coefficient (Wildman–Crippen LogP) is 3.06. The first-order valence-corrected chi connectivity index (χ1v) is 12.1. The van der Waals surface area contributed by atoms with Crippen LogP contribution >= 0.6 is 0 Å². The Bertz CT molecular complexity index is 1540. The lowest BCUT2D eigenvalue weighted by atomic mass is 9.58. The van der Waals surface area contributed by atoms with E-state index in [1.807, 2.05) is 38.1 Å². The number of amides is 2. The van der Waals surface area contributed by atoms with Crippen molar-refractivity contribution in [1.82, 2.24) is 14.5 Å². The highest BCUT2D eigenvalue weighted by Crippen LogP contribution is 2.65. The van der Waals surface area contributed by atoms with Crippen LogP contribution in [-0.2, 0) is 15.0 Å². The normalized spacial score (nSPS) is 28.5. The molecule has 0 aliphatic carbocycles. The Morgan fingerprint density at radius 1 is 1.14 bits per heavy atom. The second-order valence-corrected chi connectivity index (χ2v) is 10.5. The van der Waals surface area contributed by atoms with Crippen LogP contribution in [0, 0.1) is 5.41 Å². The van der Waals surface area contributed by atoms with Gasteiger partial charge in [0.05, 0.1) is 22.4 Å². The van der Waals surface area contributed by atoms with Gasteiger partial charge in [0.2, 0.25) is 11.8 Å². The number of para-hydroxylation sites is 2. The third-order valence-corrected chi connectivity index (χ3v) is 8.60. The molecule has 8 nitrogen and oxygen atoms in total. The molecule has 2 aromatic carbocycles. The van der Waals surface area contributed by atoms with Crippen molar-refractivity contribution in [2.24, 2.45) is 5.41 Å². The number of hydrogen-bond acceptors (Lipinski definition) is 5. The minimum atomic E-state index is -1.17. The molecule has 1 fully saturated rings. The van der Waals surface area contributed by atoms with Gasteiger partial charge in [0, 0.05) is 12.6 Å². The first-order chi connectivity index (χ1) is 17.1. The largest absolute Gasteiger partial charge is 0.389 e. The van der Waals surface area contributed by atoms with Crippen molar-refractivity contribution in [3.63, 3.8) is 0 Å². The van der Waals surface area contributed by atoms with Crippen LogP contribution < -0.4 is 10.5 Å². The monoisotopic (exact) mass is 484 g/mol. The van der Waals surface area contributed by atoms with Gasteiger partial charge in [0.1, 0.15) is 24.1 Å². The molecule has 0 spiro atoms. The number of carbonyl (C=O) groups is 2. The van der Waals surface area contributed by atoms with E-state index in [4.69, 9.17) is 4.98 Å². The second-order valence-electron chi connectivity index (χ2n) is 10.5. The Morgan fingerprint density at radius 2 is 1.81 bits per heavy atom. The fraction of sp³-hybridized carbons (Fsp3) is 0.357. The summed E-state index contributed by atoms with van der Waals surface area (Å²) >= 11 is 0. The minimum absolute atomic E-state index is 0.239. The van der Waals surface area contributed by atoms with E-state index >= 15 is 0 Å². The Kier molecular flexibility index (Phi) is 4.49. The molecule has 1 saturated heterocycles. The molecule has 1 N–H and O–H groups in total. The summed E-state index contributed by atoms with van der Waals surface area (Å²) in [5.41, 5.74) is -0.235. The van der Waals surface area contributed by atoms with E-state index in [0.717, 1.165) is 5.56 Å². The highest BCUT2D eigenvalue weighted by molar-refractivity contribution is 5.98. The first kappa shape index (κ1) is 22.7. The van der Waals surface area contributed by atoms with Gasteiger partial charge in [0.25, 0.3) is 5.56 Å². The maximum atomic E-state index is 14.1. The molecule has 0 radical (unpaired) electrons. The molecule has 1 aromatic heterocycles. The number of aliphatic hydroxyl groups excluding tert-OH is 1. The lowest BCUT2D eigenvalue weighted by molar-refractivity contribution is -0.142. The Balaban J connectivity index is 1.73. The third-order valence-electron chi connectivity index (χ3n) is 8.60. The van der Waals surface area contributed by atoms with Gasteiger partial charge in [-0.15, -0.1) is 6.58 Å². The average Bonchev–Trinajstić information content (AvgIpc) is 3.32. The summed E-state index contributed by atoms with van der Waals surface area (Å²) in [6.07, 6.45) is -0.207. The molecule has 3 aromatic rings. The van der Waals surface area contributed by atoms with Gasteiger partial charge in [-0.25, -0.2) is 4.98 Å². The van der Waals surface area contributed by atoms with Crippen molar-refractivity contribution in [2.45, 2.75) is 57.5 Å². The zero-order valence-electron chi connectivity index (χ0n) is 20.7. The minimum Gasteiger partial charge on any atom is -0.389 e. The summed E-state index contributed by atoms with van der Waals surface area (Å²) in [4.78, 5) is 48.8. The lowest BCUT2D eigenvalue weighted by Gasteiger charge is -2.46. The molecule has 3 aliphatic heterocycles. The molecular formula is C28H28N4O4. The molecule has 0 saturated carbocycles. The van der Waals surface area contributed by atoms with E-state index in [-0.39, 0.29) is 17.4 Å². The Morgan fingerprint density at radius 3 is 2.50 bits per heavy atom. The van der Waals surface area contributed by atoms with Crippen LogP contribution in [0.3, 0.4) is 0 Å². The van der Waals surface area contributed by atoms with Gasteiger partial charge in [-0.05, 0) is 36.1 Å². The maximum absolute atomic E-state index is 14.1. The van der Waals surface area contributed by atoms with Gasteiger partial charge in [-0.2, -0.15) is 0 Å². The molecule has 5 atom stereocenters. The van der Waals surface area contributed by atoms with Gasteiger partial charge >= 0.3 is 0 Å². The first-order valence-electron chi connectivity index (χ1n) is 12.1. The number of anilines is 1. The van der Waals surface area contributed by atoms with Crippen LogP contribution in [-0.4, -0.2) is 43.6 Å². The van der Waals surface area contributed by atoms with Gasteiger partial charge in [-0.1, -0.05) is 50.3 Å². The molecular weight excluding hydrogens is 456 g/mol. The number of fused-ring (bicyclic) bond motifs is 8. The zero-order chi connectivity index (χ0) is 25.7. The number of rotatable bonds is 2. The van der Waals surface area contributed by atoms with Crippen LogP contribution in [0.4, 0.5) is 5.69 Å². The van der Waals surface area contributed by atoms with E-state index < -0.39 is 35.2 Å². The van der Waals surface area contributed by atoms with Crippen LogP contribution in [0.2, 0.25) is 0 Å². The van der Waals surface area contributed by atoms with Crippen molar-refractivity contribution < 1.29 is 14.7 Å². The van der Waals surface area contributed by atoms with E-state index in [1.54, 1.807) is 47.1 Å². The van der Waals surface area contributed by atoms with E-state index in [0.29, 0.717) is 22.4 Å². The molecule has 0 bridgehead atoms. The van der Waals surface area contributed by atoms with E-state index in [1.165, 1.54) is 11.5 Å². The average molecular weight is 485 g/mol. The number of carbonyl (C=O) groups excluding carboxylic acids is 2. The topological polar surface area (TPSA) is 95.7 Å². The van der Waals surface area contributed by atoms with Crippen LogP contribution in [0.5, 0.6) is 0 Å². The van der Waals surface area contributed by atoms with Crippen molar-refractivity contribution in [3.05, 3.63) is 82.9 Å². The zero-order valence-corrected chi connectivity index (χ0v) is 20.7. The molecule has 184 valence electrons. The van der Waals surface area contributed by atoms with E-state index in [9.17, 15) is 19.5 Å². The number of nitrogens with zero attached hydrogens (tertiary/aromatic N) is 4. The van der Waals surface area contributed by atoms with Crippen molar-refractivity contribution in [2.75, 3.05) is 4.90 Å². The summed E-state index contributed by atoms with van der Waals surface area (Å²) in [5.74, 6) is -0.249. The predicted molar refractivity (Wildman–Crippen MR) is 135 cm³/mol. The third kappa shape index (κ3) is 2.38. The van der Waals surface area contributed by atoms with Gasteiger partial charge in [-0.3, -0.25) is 23.9 Å². The molecule has 36 heavy (non-hydrogen) atoms. The highest BCUT2D eigenvalue weighted by Gasteiger charge is 2.74. The highest BCUT2D eigenvalue weighted by atomic mass is 16.3. The van der Waals surface area contributed by atoms with Crippen LogP contribution in [0.1, 0.15) is 51.2 Å². The van der Waals surface area contributed by atoms with Crippen LogP contribution in [0.15, 0.2) is 66.0 Å². The standard InChI is InChI=1S/C28H28N4O4/c1-6-27(4,5)28-18-12-8-10-14-20(18)31(16(3)33)26(28)32-21(22(28)34)23-29-19-13-9-7-11-17(19)25(36)30(23)15(2)24(32)35/h6-15,21-22,26,34H,1H2,2-5H3/t15-,21-,22-,26+,28+/m0/s1. The summed E-state index contributed by atoms with van der Waals surface area (Å²) in [7, 11) is 0. The number of aromatic nitrogens is 2. The summed E-state index contributed by atoms with van der Waals surface area (Å²) < 4.78 is 1.41. The number of allylic oxidation sites excluding steroid dienone is 1. The molecule has 4 heterocycles. The summed E-state index contributed by atoms with van der Waals surface area (Å²) in [6.45, 7) is 11.1. The lowest BCUT2D eigenvalue weighted by Crippen LogP contribution is -2.60. The molecule has 0 unspecified atom stereocenters. The van der Waals surface area contributed by atoms with Crippen molar-refractivity contribution in [3.8, 4) is 0 Å². The summed E-state index contributed by atoms with van der Waals surface area (Å²) in [6, 6.07) is 12.7. The molecule has 2 amide bonds. The summed E-state index contributed by atoms with van der Waals surface area (Å²) in [5, 5.41) is 12.8. The van der Waals surface area contributed by atoms with Crippen molar-refractivity contribution >= 4 is 28.4 Å². The molecule has 6 rings (SSSR count).